The SMILES string of the molecule is CCN(CC)C/C(F)=C/c1ccc2ccccc2c1. The van der Waals surface area contributed by atoms with Crippen molar-refractivity contribution in [2.24, 2.45) is 0 Å². The van der Waals surface area contributed by atoms with Gasteiger partial charge in [0.2, 0.25) is 0 Å². The zero-order valence-electron chi connectivity index (χ0n) is 11.6. The predicted molar refractivity (Wildman–Crippen MR) is 80.8 cm³/mol. The van der Waals surface area contributed by atoms with Gasteiger partial charge in [0, 0.05) is 0 Å². The Labute approximate surface area is 114 Å². The quantitative estimate of drug-likeness (QED) is 0.762. The van der Waals surface area contributed by atoms with Crippen LogP contribution >= 0.6 is 0 Å². The van der Waals surface area contributed by atoms with Crippen LogP contribution in [0.2, 0.25) is 0 Å². The number of fused-ring (bicyclic) bond motifs is 1. The van der Waals surface area contributed by atoms with Gasteiger partial charge in [-0.15, -0.1) is 0 Å². The molecular weight excluding hydrogens is 237 g/mol. The molecule has 0 amide bonds. The van der Waals surface area contributed by atoms with Gasteiger partial charge in [-0.1, -0.05) is 50.2 Å². The maximum Gasteiger partial charge on any atom is 0.114 e. The van der Waals surface area contributed by atoms with E-state index in [1.54, 1.807) is 6.08 Å². The van der Waals surface area contributed by atoms with E-state index in [1.165, 1.54) is 5.39 Å². The molecule has 0 aliphatic rings. The minimum absolute atomic E-state index is 0.0843. The van der Waals surface area contributed by atoms with Crippen molar-refractivity contribution in [1.82, 2.24) is 4.90 Å². The van der Waals surface area contributed by atoms with Gasteiger partial charge in [0.1, 0.15) is 5.83 Å². The second-order valence-corrected chi connectivity index (χ2v) is 4.66. The van der Waals surface area contributed by atoms with Crippen molar-refractivity contribution in [3.05, 3.63) is 53.9 Å². The maximum absolute atomic E-state index is 13.9. The molecule has 100 valence electrons. The third-order valence-corrected chi connectivity index (χ3v) is 3.37. The molecule has 0 heterocycles. The van der Waals surface area contributed by atoms with Crippen molar-refractivity contribution < 1.29 is 4.39 Å². The lowest BCUT2D eigenvalue weighted by Crippen LogP contribution is -2.24. The molecule has 2 aromatic rings. The van der Waals surface area contributed by atoms with Crippen molar-refractivity contribution in [1.29, 1.82) is 0 Å². The first-order valence-corrected chi connectivity index (χ1v) is 6.80. The molecule has 2 heteroatoms. The van der Waals surface area contributed by atoms with Crippen LogP contribution in [0.1, 0.15) is 19.4 Å². The van der Waals surface area contributed by atoms with E-state index in [4.69, 9.17) is 0 Å². The molecule has 1 nitrogen and oxygen atoms in total. The van der Waals surface area contributed by atoms with Crippen LogP contribution in [-0.4, -0.2) is 24.5 Å². The molecule has 0 saturated heterocycles. The van der Waals surface area contributed by atoms with E-state index in [1.807, 2.05) is 44.2 Å². The van der Waals surface area contributed by atoms with Crippen LogP contribution in [0.5, 0.6) is 0 Å². The highest BCUT2D eigenvalue weighted by atomic mass is 19.1. The minimum atomic E-state index is -0.0843. The minimum Gasteiger partial charge on any atom is -0.297 e. The molecule has 0 radical (unpaired) electrons. The van der Waals surface area contributed by atoms with Gasteiger partial charge in [-0.3, -0.25) is 4.90 Å². The van der Waals surface area contributed by atoms with Crippen LogP contribution in [0.15, 0.2) is 48.3 Å². The number of hydrogen-bond acceptors (Lipinski definition) is 1. The Bertz CT molecular complexity index is 570. The van der Waals surface area contributed by atoms with Gasteiger partial charge in [-0.25, -0.2) is 4.39 Å². The maximum atomic E-state index is 13.9. The van der Waals surface area contributed by atoms with Gasteiger partial charge >= 0.3 is 0 Å². The Morgan fingerprint density at radius 3 is 2.42 bits per heavy atom. The molecule has 0 unspecified atom stereocenters. The second-order valence-electron chi connectivity index (χ2n) is 4.66. The van der Waals surface area contributed by atoms with Gasteiger partial charge in [-0.2, -0.15) is 0 Å². The molecule has 0 bridgehead atoms. The molecule has 0 spiro atoms. The lowest BCUT2D eigenvalue weighted by Gasteiger charge is -2.16. The number of benzene rings is 2. The third kappa shape index (κ3) is 3.65. The first-order chi connectivity index (χ1) is 9.22. The van der Waals surface area contributed by atoms with E-state index in [0.717, 1.165) is 24.0 Å². The number of halogens is 1. The standard InChI is InChI=1S/C17H20FN/c1-3-19(4-2)13-17(18)12-14-9-10-15-7-5-6-8-16(15)11-14/h5-12H,3-4,13H2,1-2H3/b17-12-. The Hall–Kier alpha value is -1.67. The topological polar surface area (TPSA) is 3.24 Å². The van der Waals surface area contributed by atoms with Gasteiger partial charge < -0.3 is 0 Å². The second kappa shape index (κ2) is 6.48. The summed E-state index contributed by atoms with van der Waals surface area (Å²) < 4.78 is 13.9. The fourth-order valence-corrected chi connectivity index (χ4v) is 2.18. The average Bonchev–Trinajstić information content (AvgIpc) is 2.44. The van der Waals surface area contributed by atoms with E-state index in [2.05, 4.69) is 17.0 Å². The highest BCUT2D eigenvalue weighted by molar-refractivity contribution is 5.84. The highest BCUT2D eigenvalue weighted by Gasteiger charge is 2.03. The molecule has 0 saturated carbocycles. The molecule has 0 aromatic heterocycles. The van der Waals surface area contributed by atoms with E-state index in [-0.39, 0.29) is 5.83 Å². The number of rotatable bonds is 5. The molecule has 0 fully saturated rings. The number of likely N-dealkylation sites (N-methyl/N-ethyl adjacent to an activating group) is 1. The zero-order valence-corrected chi connectivity index (χ0v) is 11.6. The average molecular weight is 257 g/mol. The predicted octanol–water partition coefficient (Wildman–Crippen LogP) is 4.49. The molecule has 0 atom stereocenters. The van der Waals surface area contributed by atoms with Crippen molar-refractivity contribution in [2.75, 3.05) is 19.6 Å². The highest BCUT2D eigenvalue weighted by Crippen LogP contribution is 2.18. The van der Waals surface area contributed by atoms with Crippen LogP contribution in [0.4, 0.5) is 4.39 Å². The normalized spacial score (nSPS) is 12.3. The summed E-state index contributed by atoms with van der Waals surface area (Å²) >= 11 is 0. The summed E-state index contributed by atoms with van der Waals surface area (Å²) in [6.07, 6.45) is 1.63. The zero-order chi connectivity index (χ0) is 13.7. The van der Waals surface area contributed by atoms with Crippen LogP contribution in [-0.2, 0) is 0 Å². The Balaban J connectivity index is 2.19. The molecule has 0 aliphatic heterocycles. The summed E-state index contributed by atoms with van der Waals surface area (Å²) in [5.41, 5.74) is 0.920. The molecule has 0 aliphatic carbocycles. The summed E-state index contributed by atoms with van der Waals surface area (Å²) in [5, 5.41) is 2.33. The van der Waals surface area contributed by atoms with E-state index in [0.29, 0.717) is 6.54 Å². The largest absolute Gasteiger partial charge is 0.297 e. The summed E-state index contributed by atoms with van der Waals surface area (Å²) in [4.78, 5) is 2.06. The summed E-state index contributed by atoms with van der Waals surface area (Å²) in [6.45, 7) is 6.23. The van der Waals surface area contributed by atoms with Crippen LogP contribution in [0.25, 0.3) is 16.8 Å². The van der Waals surface area contributed by atoms with Crippen molar-refractivity contribution in [2.45, 2.75) is 13.8 Å². The van der Waals surface area contributed by atoms with E-state index < -0.39 is 0 Å². The Kier molecular flexibility index (Phi) is 4.69. The molecule has 2 rings (SSSR count). The molecule has 0 N–H and O–H groups in total. The molecule has 2 aromatic carbocycles. The third-order valence-electron chi connectivity index (χ3n) is 3.37. The van der Waals surface area contributed by atoms with Gasteiger partial charge in [0.05, 0.1) is 6.54 Å². The first-order valence-electron chi connectivity index (χ1n) is 6.80. The smallest absolute Gasteiger partial charge is 0.114 e. The first kappa shape index (κ1) is 13.8. The van der Waals surface area contributed by atoms with Gasteiger partial charge in [0.25, 0.3) is 0 Å². The number of nitrogens with zero attached hydrogens (tertiary/aromatic N) is 1. The van der Waals surface area contributed by atoms with E-state index >= 15 is 0 Å². The van der Waals surface area contributed by atoms with Crippen LogP contribution in [0, 0.1) is 0 Å². The van der Waals surface area contributed by atoms with Crippen LogP contribution < -0.4 is 0 Å². The van der Waals surface area contributed by atoms with Crippen molar-refractivity contribution >= 4 is 16.8 Å². The van der Waals surface area contributed by atoms with Crippen molar-refractivity contribution in [3.63, 3.8) is 0 Å². The molecule has 19 heavy (non-hydrogen) atoms. The van der Waals surface area contributed by atoms with Crippen LogP contribution in [0.3, 0.4) is 0 Å². The molecular formula is C17H20FN. The fraction of sp³-hybridized carbons (Fsp3) is 0.294. The Morgan fingerprint density at radius 1 is 1.05 bits per heavy atom. The summed E-state index contributed by atoms with van der Waals surface area (Å²) in [5.74, 6) is -0.0843. The number of hydrogen-bond donors (Lipinski definition) is 0. The van der Waals surface area contributed by atoms with Crippen molar-refractivity contribution in [3.8, 4) is 0 Å². The summed E-state index contributed by atoms with van der Waals surface area (Å²) in [6, 6.07) is 14.2. The monoisotopic (exact) mass is 257 g/mol. The lowest BCUT2D eigenvalue weighted by molar-refractivity contribution is 0.308. The summed E-state index contributed by atoms with van der Waals surface area (Å²) in [7, 11) is 0. The lowest BCUT2D eigenvalue weighted by atomic mass is 10.1. The van der Waals surface area contributed by atoms with E-state index in [9.17, 15) is 4.39 Å². The Morgan fingerprint density at radius 2 is 1.74 bits per heavy atom. The van der Waals surface area contributed by atoms with Gasteiger partial charge in [-0.05, 0) is 41.6 Å². The van der Waals surface area contributed by atoms with Gasteiger partial charge in [0.15, 0.2) is 0 Å². The fourth-order valence-electron chi connectivity index (χ4n) is 2.18.